The van der Waals surface area contributed by atoms with Crippen LogP contribution in [0, 0.1) is 5.92 Å². The fourth-order valence-corrected chi connectivity index (χ4v) is 7.18. The average Bonchev–Trinajstić information content (AvgIpc) is 3.64. The number of nitrogens with zero attached hydrogens (tertiary/aromatic N) is 1. The third kappa shape index (κ3) is 9.55. The first-order valence-electron chi connectivity index (χ1n) is 18.6. The van der Waals surface area contributed by atoms with Crippen molar-refractivity contribution in [2.24, 2.45) is 5.92 Å². The Bertz CT molecular complexity index is 1660. The van der Waals surface area contributed by atoms with E-state index in [-0.39, 0.29) is 42.9 Å². The van der Waals surface area contributed by atoms with Gasteiger partial charge in [-0.1, -0.05) is 87.4 Å². The van der Waals surface area contributed by atoms with Gasteiger partial charge in [0.15, 0.2) is 5.78 Å². The predicted molar refractivity (Wildman–Crippen MR) is 194 cm³/mol. The SMILES string of the molecule is CC[C@]1(C)NC(=O)[C@H](CCCCCC(=O)[C@H](C)CC(=O)[C@@](OC)(c2ccccc2)C(F)(F)F)NC(=O)[C@H]2CCCN2C(=O)[C@H](Cc2ccccc2)NC1=O. The molecule has 11 nitrogen and oxygen atoms in total. The third-order valence-corrected chi connectivity index (χ3v) is 10.7. The molecule has 14 heteroatoms. The van der Waals surface area contributed by atoms with E-state index in [4.69, 9.17) is 4.74 Å². The second-order valence-corrected chi connectivity index (χ2v) is 14.5. The molecule has 2 aliphatic rings. The van der Waals surface area contributed by atoms with Gasteiger partial charge in [-0.25, -0.2) is 0 Å². The highest BCUT2D eigenvalue weighted by Crippen LogP contribution is 2.44. The largest absolute Gasteiger partial charge is 0.428 e. The number of hydrogen-bond acceptors (Lipinski definition) is 7. The van der Waals surface area contributed by atoms with Gasteiger partial charge in [0, 0.05) is 44.4 Å². The van der Waals surface area contributed by atoms with E-state index in [9.17, 15) is 41.9 Å². The van der Waals surface area contributed by atoms with Crippen LogP contribution in [0.2, 0.25) is 0 Å². The number of carbonyl (C=O) groups is 6. The van der Waals surface area contributed by atoms with Gasteiger partial charge >= 0.3 is 6.18 Å². The normalized spacial score (nSPS) is 24.2. The molecule has 2 fully saturated rings. The minimum atomic E-state index is -5.06. The van der Waals surface area contributed by atoms with Crippen molar-refractivity contribution in [1.29, 1.82) is 0 Å². The van der Waals surface area contributed by atoms with Crippen molar-refractivity contribution in [3.8, 4) is 0 Å². The lowest BCUT2D eigenvalue weighted by molar-refractivity contribution is -0.265. The summed E-state index contributed by atoms with van der Waals surface area (Å²) in [6.45, 7) is 5.04. The standard InChI is InChI=1S/C40H51F3N4O7/c1-5-38(3)37(53)45-30(25-27-16-9-6-10-17-27)36(52)47-23-15-21-31(47)35(51)44-29(34(50)46-38)20-13-8-14-22-32(48)26(2)24-33(49)39(54-4,40(41,42)43)28-18-11-7-12-19-28/h6-7,9-12,16-19,26,29-31H,5,8,13-15,20-25H2,1-4H3,(H,44,51)(H,45,53)(H,46,50)/t26-,29+,30+,31-,38+,39+/m1/s1. The molecule has 2 heterocycles. The van der Waals surface area contributed by atoms with Crippen LogP contribution in [-0.4, -0.2) is 83.6 Å². The van der Waals surface area contributed by atoms with Gasteiger partial charge in [-0.05, 0) is 44.6 Å². The number of unbranched alkanes of at least 4 members (excludes halogenated alkanes) is 2. The van der Waals surface area contributed by atoms with E-state index in [0.29, 0.717) is 38.6 Å². The number of alkyl halides is 3. The first-order valence-corrected chi connectivity index (χ1v) is 18.6. The summed E-state index contributed by atoms with van der Waals surface area (Å²) in [6.07, 6.45) is -3.05. The van der Waals surface area contributed by atoms with E-state index in [1.807, 2.05) is 30.3 Å². The fourth-order valence-electron chi connectivity index (χ4n) is 7.18. The Balaban J connectivity index is 1.39. The lowest BCUT2D eigenvalue weighted by Crippen LogP contribution is -2.65. The number of nitrogens with one attached hydrogen (secondary N) is 3. The minimum Gasteiger partial charge on any atom is -0.358 e. The lowest BCUT2D eigenvalue weighted by Gasteiger charge is -2.36. The Morgan fingerprint density at radius 2 is 1.57 bits per heavy atom. The van der Waals surface area contributed by atoms with Crippen molar-refractivity contribution in [2.45, 2.75) is 120 Å². The van der Waals surface area contributed by atoms with Crippen LogP contribution < -0.4 is 16.0 Å². The van der Waals surface area contributed by atoms with Crippen molar-refractivity contribution in [3.05, 3.63) is 71.8 Å². The molecule has 0 aliphatic carbocycles. The van der Waals surface area contributed by atoms with Crippen molar-refractivity contribution >= 4 is 35.2 Å². The summed E-state index contributed by atoms with van der Waals surface area (Å²) in [5.74, 6) is -4.60. The van der Waals surface area contributed by atoms with Crippen molar-refractivity contribution in [2.75, 3.05) is 13.7 Å². The summed E-state index contributed by atoms with van der Waals surface area (Å²) < 4.78 is 47.8. The van der Waals surface area contributed by atoms with Crippen LogP contribution in [0.25, 0.3) is 0 Å². The molecule has 294 valence electrons. The quantitative estimate of drug-likeness (QED) is 0.223. The maximum atomic E-state index is 14.3. The molecule has 0 spiro atoms. The topological polar surface area (TPSA) is 151 Å². The molecular weight excluding hydrogens is 705 g/mol. The molecule has 6 atom stereocenters. The molecule has 4 amide bonds. The predicted octanol–water partition coefficient (Wildman–Crippen LogP) is 4.71. The number of amides is 4. The van der Waals surface area contributed by atoms with Crippen LogP contribution in [0.4, 0.5) is 13.2 Å². The van der Waals surface area contributed by atoms with Gasteiger partial charge in [0.05, 0.1) is 0 Å². The van der Waals surface area contributed by atoms with E-state index in [1.165, 1.54) is 30.0 Å². The molecule has 4 rings (SSSR count). The van der Waals surface area contributed by atoms with E-state index in [1.54, 1.807) is 13.8 Å². The Hall–Kier alpha value is -4.59. The molecule has 3 N–H and O–H groups in total. The second-order valence-electron chi connectivity index (χ2n) is 14.5. The van der Waals surface area contributed by atoms with Gasteiger partial charge in [-0.15, -0.1) is 0 Å². The number of hydrogen-bond donors (Lipinski definition) is 3. The number of ether oxygens (including phenoxy) is 1. The van der Waals surface area contributed by atoms with Crippen LogP contribution >= 0.6 is 0 Å². The zero-order chi connectivity index (χ0) is 39.7. The van der Waals surface area contributed by atoms with Crippen molar-refractivity contribution in [1.82, 2.24) is 20.9 Å². The molecule has 0 unspecified atom stereocenters. The molecule has 2 aromatic rings. The summed E-state index contributed by atoms with van der Waals surface area (Å²) in [5.41, 5.74) is -4.14. The van der Waals surface area contributed by atoms with Crippen LogP contribution in [-0.2, 0) is 45.5 Å². The number of carbonyl (C=O) groups excluding carboxylic acids is 6. The molecular formula is C40H51F3N4O7. The van der Waals surface area contributed by atoms with Gasteiger partial charge in [0.25, 0.3) is 0 Å². The second kappa shape index (κ2) is 18.2. The fraction of sp³-hybridized carbons (Fsp3) is 0.550. The van der Waals surface area contributed by atoms with E-state index < -0.39 is 71.3 Å². The van der Waals surface area contributed by atoms with Crippen molar-refractivity contribution < 1.29 is 46.7 Å². The minimum absolute atomic E-state index is 0.00756. The van der Waals surface area contributed by atoms with Gasteiger partial charge in [0.1, 0.15) is 29.4 Å². The molecule has 54 heavy (non-hydrogen) atoms. The Morgan fingerprint density at radius 3 is 2.19 bits per heavy atom. The summed E-state index contributed by atoms with van der Waals surface area (Å²) >= 11 is 0. The van der Waals surface area contributed by atoms with Crippen LogP contribution in [0.1, 0.15) is 89.7 Å². The average molecular weight is 757 g/mol. The van der Waals surface area contributed by atoms with E-state index in [2.05, 4.69) is 16.0 Å². The Kier molecular flexibility index (Phi) is 14.2. The van der Waals surface area contributed by atoms with Crippen LogP contribution in [0.3, 0.4) is 0 Å². The highest BCUT2D eigenvalue weighted by molar-refractivity contribution is 5.99. The smallest absolute Gasteiger partial charge is 0.358 e. The van der Waals surface area contributed by atoms with Gasteiger partial charge in [-0.3, -0.25) is 28.8 Å². The molecule has 2 aromatic carbocycles. The number of halogens is 3. The monoisotopic (exact) mass is 756 g/mol. The summed E-state index contributed by atoms with van der Waals surface area (Å²) in [7, 11) is 0.819. The van der Waals surface area contributed by atoms with Gasteiger partial charge < -0.3 is 25.6 Å². The first kappa shape index (κ1) is 42.2. The van der Waals surface area contributed by atoms with Gasteiger partial charge in [0.2, 0.25) is 29.2 Å². The number of methoxy groups -OCH3 is 1. The van der Waals surface area contributed by atoms with Gasteiger partial charge in [-0.2, -0.15) is 13.2 Å². The number of Topliss-reactive ketones (excluding diaryl/α,β-unsaturated/α-hetero) is 2. The molecule has 0 aromatic heterocycles. The maximum absolute atomic E-state index is 14.3. The highest BCUT2D eigenvalue weighted by atomic mass is 19.4. The lowest BCUT2D eigenvalue weighted by atomic mass is 9.83. The van der Waals surface area contributed by atoms with E-state index >= 15 is 0 Å². The molecule has 0 bridgehead atoms. The highest BCUT2D eigenvalue weighted by Gasteiger charge is 2.62. The van der Waals surface area contributed by atoms with Crippen molar-refractivity contribution in [3.63, 3.8) is 0 Å². The molecule has 2 aliphatic heterocycles. The maximum Gasteiger partial charge on any atom is 0.428 e. The Morgan fingerprint density at radius 1 is 0.926 bits per heavy atom. The zero-order valence-electron chi connectivity index (χ0n) is 31.3. The van der Waals surface area contributed by atoms with E-state index in [0.717, 1.165) is 24.8 Å². The summed E-state index contributed by atoms with van der Waals surface area (Å²) in [5, 5.41) is 8.49. The number of rotatable bonds is 15. The summed E-state index contributed by atoms with van der Waals surface area (Å²) in [4.78, 5) is 82.6. The number of fused-ring (bicyclic) bond motifs is 1. The number of benzene rings is 2. The molecule has 0 saturated carbocycles. The molecule has 2 saturated heterocycles. The van der Waals surface area contributed by atoms with Crippen LogP contribution in [0.5, 0.6) is 0 Å². The summed E-state index contributed by atoms with van der Waals surface area (Å²) in [6, 6.07) is 13.0. The molecule has 0 radical (unpaired) electrons. The number of ketones is 2. The first-order chi connectivity index (χ1) is 25.6. The zero-order valence-corrected chi connectivity index (χ0v) is 31.3. The Labute approximate surface area is 314 Å². The van der Waals surface area contributed by atoms with Crippen LogP contribution in [0.15, 0.2) is 60.7 Å². The third-order valence-electron chi connectivity index (χ3n) is 10.7.